The molecule has 148 valence electrons. The molecule has 5 nitrogen and oxygen atoms in total. The van der Waals surface area contributed by atoms with Crippen molar-refractivity contribution in [3.8, 4) is 0 Å². The van der Waals surface area contributed by atoms with Crippen LogP contribution in [-0.2, 0) is 17.5 Å². The maximum atomic E-state index is 12.6. The second-order valence-corrected chi connectivity index (χ2v) is 6.23. The van der Waals surface area contributed by atoms with Crippen molar-refractivity contribution in [1.29, 1.82) is 0 Å². The molecule has 1 N–H and O–H groups in total. The summed E-state index contributed by atoms with van der Waals surface area (Å²) in [6.07, 6.45) is -4.22. The standard InChI is InChI=1S/C17H25F3N4O.HI/c1-21-16(22-10-15-12-23(2)8-9-25-15)24(3)11-13-4-6-14(7-5-13)17(18,19)20;/h4-7,15H,8-12H2,1-3H3,(H,21,22);1H. The van der Waals surface area contributed by atoms with E-state index in [2.05, 4.69) is 22.3 Å². The zero-order valence-corrected chi connectivity index (χ0v) is 17.5. The summed E-state index contributed by atoms with van der Waals surface area (Å²) >= 11 is 0. The number of benzene rings is 1. The summed E-state index contributed by atoms with van der Waals surface area (Å²) in [4.78, 5) is 8.31. The van der Waals surface area contributed by atoms with Crippen LogP contribution in [0.3, 0.4) is 0 Å². The lowest BCUT2D eigenvalue weighted by Gasteiger charge is -2.31. The maximum absolute atomic E-state index is 12.6. The van der Waals surface area contributed by atoms with Gasteiger partial charge in [-0.05, 0) is 24.7 Å². The number of rotatable bonds is 4. The van der Waals surface area contributed by atoms with Gasteiger partial charge in [0.05, 0.1) is 18.3 Å². The van der Waals surface area contributed by atoms with Crippen LogP contribution in [0, 0.1) is 0 Å². The van der Waals surface area contributed by atoms with Gasteiger partial charge in [0, 0.05) is 40.3 Å². The molecule has 0 bridgehead atoms. The summed E-state index contributed by atoms with van der Waals surface area (Å²) in [6, 6.07) is 5.19. The number of guanidine groups is 1. The Morgan fingerprint density at radius 2 is 2.00 bits per heavy atom. The molecule has 0 aliphatic carbocycles. The van der Waals surface area contributed by atoms with E-state index in [4.69, 9.17) is 4.74 Å². The fourth-order valence-corrected chi connectivity index (χ4v) is 2.73. The molecule has 26 heavy (non-hydrogen) atoms. The van der Waals surface area contributed by atoms with E-state index in [9.17, 15) is 13.2 Å². The van der Waals surface area contributed by atoms with Crippen molar-refractivity contribution in [1.82, 2.24) is 15.1 Å². The van der Waals surface area contributed by atoms with Gasteiger partial charge in [0.1, 0.15) is 0 Å². The van der Waals surface area contributed by atoms with Gasteiger partial charge in [0.25, 0.3) is 0 Å². The van der Waals surface area contributed by atoms with E-state index in [-0.39, 0.29) is 30.1 Å². The van der Waals surface area contributed by atoms with Gasteiger partial charge < -0.3 is 19.9 Å². The Hall–Kier alpha value is -1.07. The molecule has 1 aromatic rings. The number of morpholine rings is 1. The molecule has 1 atom stereocenters. The third-order valence-electron chi connectivity index (χ3n) is 4.10. The molecule has 1 aromatic carbocycles. The number of hydrogen-bond donors (Lipinski definition) is 1. The highest BCUT2D eigenvalue weighted by molar-refractivity contribution is 14.0. The summed E-state index contributed by atoms with van der Waals surface area (Å²) in [7, 11) is 5.58. The van der Waals surface area contributed by atoms with E-state index in [0.717, 1.165) is 30.8 Å². The molecule has 1 heterocycles. The third kappa shape index (κ3) is 6.92. The molecule has 0 spiro atoms. The second-order valence-electron chi connectivity index (χ2n) is 6.23. The molecule has 1 aliphatic heterocycles. The average molecular weight is 486 g/mol. The fraction of sp³-hybridized carbons (Fsp3) is 0.588. The van der Waals surface area contributed by atoms with Crippen molar-refractivity contribution in [2.75, 3.05) is 47.4 Å². The van der Waals surface area contributed by atoms with Gasteiger partial charge in [-0.25, -0.2) is 0 Å². The van der Waals surface area contributed by atoms with Crippen LogP contribution in [0.2, 0.25) is 0 Å². The van der Waals surface area contributed by atoms with Gasteiger partial charge in [-0.2, -0.15) is 13.2 Å². The maximum Gasteiger partial charge on any atom is 0.416 e. The van der Waals surface area contributed by atoms with Crippen LogP contribution >= 0.6 is 24.0 Å². The van der Waals surface area contributed by atoms with E-state index in [1.165, 1.54) is 12.1 Å². The summed E-state index contributed by atoms with van der Waals surface area (Å²) in [5.41, 5.74) is 0.145. The molecule has 1 aliphatic rings. The van der Waals surface area contributed by atoms with Crippen molar-refractivity contribution in [3.63, 3.8) is 0 Å². The van der Waals surface area contributed by atoms with Crippen molar-refractivity contribution in [3.05, 3.63) is 35.4 Å². The number of nitrogens with zero attached hydrogens (tertiary/aromatic N) is 3. The second kappa shape index (κ2) is 10.3. The molecule has 1 unspecified atom stereocenters. The van der Waals surface area contributed by atoms with Crippen LogP contribution < -0.4 is 5.32 Å². The Kier molecular flexibility index (Phi) is 9.11. The van der Waals surface area contributed by atoms with E-state index in [0.29, 0.717) is 25.7 Å². The Labute approximate surface area is 169 Å². The van der Waals surface area contributed by atoms with Gasteiger partial charge >= 0.3 is 6.18 Å². The highest BCUT2D eigenvalue weighted by atomic mass is 127. The monoisotopic (exact) mass is 486 g/mol. The summed E-state index contributed by atoms with van der Waals surface area (Å²) in [6.45, 7) is 3.59. The van der Waals surface area contributed by atoms with Crippen molar-refractivity contribution >= 4 is 29.9 Å². The van der Waals surface area contributed by atoms with Gasteiger partial charge in [0.2, 0.25) is 0 Å². The number of halogens is 4. The van der Waals surface area contributed by atoms with Crippen LogP contribution in [0.15, 0.2) is 29.3 Å². The predicted octanol–water partition coefficient (Wildman–Crippen LogP) is 2.66. The van der Waals surface area contributed by atoms with Crippen molar-refractivity contribution < 1.29 is 17.9 Å². The molecule has 0 radical (unpaired) electrons. The number of alkyl halides is 3. The van der Waals surface area contributed by atoms with Crippen LogP contribution in [0.5, 0.6) is 0 Å². The zero-order valence-electron chi connectivity index (χ0n) is 15.2. The summed E-state index contributed by atoms with van der Waals surface area (Å²) in [5, 5.41) is 3.26. The first-order valence-electron chi connectivity index (χ1n) is 8.17. The molecule has 0 aromatic heterocycles. The topological polar surface area (TPSA) is 40.1 Å². The van der Waals surface area contributed by atoms with E-state index >= 15 is 0 Å². The smallest absolute Gasteiger partial charge is 0.374 e. The van der Waals surface area contributed by atoms with Crippen LogP contribution in [0.25, 0.3) is 0 Å². The van der Waals surface area contributed by atoms with Gasteiger partial charge in [0.15, 0.2) is 5.96 Å². The first-order valence-corrected chi connectivity index (χ1v) is 8.17. The molecule has 1 saturated heterocycles. The minimum absolute atomic E-state index is 0. The lowest BCUT2D eigenvalue weighted by Crippen LogP contribution is -2.48. The van der Waals surface area contributed by atoms with Gasteiger partial charge in [-0.3, -0.25) is 4.99 Å². The minimum atomic E-state index is -4.31. The lowest BCUT2D eigenvalue weighted by atomic mass is 10.1. The molecule has 0 saturated carbocycles. The predicted molar refractivity (Wildman–Crippen MR) is 107 cm³/mol. The summed E-state index contributed by atoms with van der Waals surface area (Å²) in [5.74, 6) is 0.678. The number of aliphatic imine (C=N–C) groups is 1. The number of likely N-dealkylation sites (N-methyl/N-ethyl adjacent to an activating group) is 1. The molecular formula is C17H26F3IN4O. The number of hydrogen-bond acceptors (Lipinski definition) is 3. The Morgan fingerprint density at radius 3 is 2.54 bits per heavy atom. The first kappa shape index (κ1) is 23.0. The summed E-state index contributed by atoms with van der Waals surface area (Å²) < 4.78 is 43.5. The number of ether oxygens (including phenoxy) is 1. The van der Waals surface area contributed by atoms with Crippen LogP contribution in [0.4, 0.5) is 13.2 Å². The first-order chi connectivity index (χ1) is 11.8. The fourth-order valence-electron chi connectivity index (χ4n) is 2.73. The van der Waals surface area contributed by atoms with E-state index in [1.807, 2.05) is 11.9 Å². The average Bonchev–Trinajstić information content (AvgIpc) is 2.55. The van der Waals surface area contributed by atoms with Crippen LogP contribution in [0.1, 0.15) is 11.1 Å². The molecule has 9 heteroatoms. The third-order valence-corrected chi connectivity index (χ3v) is 4.10. The SMILES string of the molecule is CN=C(NCC1CN(C)CCO1)N(C)Cc1ccc(C(F)(F)F)cc1.I. The quantitative estimate of drug-likeness (QED) is 0.404. The highest BCUT2D eigenvalue weighted by Crippen LogP contribution is 2.29. The Morgan fingerprint density at radius 1 is 1.35 bits per heavy atom. The van der Waals surface area contributed by atoms with Gasteiger partial charge in [-0.15, -0.1) is 24.0 Å². The highest BCUT2D eigenvalue weighted by Gasteiger charge is 2.30. The van der Waals surface area contributed by atoms with Crippen molar-refractivity contribution in [2.24, 2.45) is 4.99 Å². The lowest BCUT2D eigenvalue weighted by molar-refractivity contribution is -0.137. The Bertz CT molecular complexity index is 580. The molecule has 0 amide bonds. The molecule has 2 rings (SSSR count). The minimum Gasteiger partial charge on any atom is -0.374 e. The van der Waals surface area contributed by atoms with Gasteiger partial charge in [-0.1, -0.05) is 12.1 Å². The van der Waals surface area contributed by atoms with Crippen molar-refractivity contribution in [2.45, 2.75) is 18.8 Å². The molecular weight excluding hydrogens is 460 g/mol. The normalized spacial score (nSPS) is 19.0. The number of nitrogens with one attached hydrogen (secondary N) is 1. The zero-order chi connectivity index (χ0) is 18.4. The largest absolute Gasteiger partial charge is 0.416 e. The van der Waals surface area contributed by atoms with E-state index in [1.54, 1.807) is 7.05 Å². The van der Waals surface area contributed by atoms with E-state index < -0.39 is 11.7 Å². The molecule has 1 fully saturated rings. The Balaban J connectivity index is 0.00000338. The van der Waals surface area contributed by atoms with Crippen LogP contribution in [-0.4, -0.2) is 69.2 Å².